The summed E-state index contributed by atoms with van der Waals surface area (Å²) in [6.07, 6.45) is 0.00837. The number of nitrogens with two attached hydrogens (primary N) is 1. The molecule has 0 aliphatic rings. The minimum atomic E-state index is -1.26. The molecule has 2 unspecified atom stereocenters. The van der Waals surface area contributed by atoms with E-state index in [1.807, 2.05) is 45.9 Å². The molecule has 4 N–H and O–H groups in total. The third kappa shape index (κ3) is 4.81. The molecule has 0 aliphatic carbocycles. The van der Waals surface area contributed by atoms with E-state index in [-0.39, 0.29) is 23.8 Å². The Hall–Kier alpha value is -1.39. The average molecular weight is 335 g/mol. The summed E-state index contributed by atoms with van der Waals surface area (Å²) in [5.41, 5.74) is 5.71. The molecule has 2 atom stereocenters. The maximum Gasteiger partial charge on any atom is 0.223 e. The lowest BCUT2D eigenvalue weighted by Gasteiger charge is -2.41. The monoisotopic (exact) mass is 334 g/mol. The molecule has 1 amide bonds. The first kappa shape index (κ1) is 20.7. The van der Waals surface area contributed by atoms with Crippen molar-refractivity contribution in [3.05, 3.63) is 35.4 Å². The van der Waals surface area contributed by atoms with Crippen LogP contribution in [0.1, 0.15) is 66.0 Å². The largest absolute Gasteiger partial charge is 0.384 e. The molecule has 0 aromatic heterocycles. The number of benzene rings is 1. The Kier molecular flexibility index (Phi) is 6.23. The molecule has 0 fully saturated rings. The van der Waals surface area contributed by atoms with Crippen LogP contribution in [0.25, 0.3) is 0 Å². The molecule has 0 bridgehead atoms. The summed E-state index contributed by atoms with van der Waals surface area (Å²) in [4.78, 5) is 12.4. The van der Waals surface area contributed by atoms with E-state index >= 15 is 0 Å². The Morgan fingerprint density at radius 1 is 1.17 bits per heavy atom. The van der Waals surface area contributed by atoms with Crippen molar-refractivity contribution in [2.45, 2.75) is 71.9 Å². The lowest BCUT2D eigenvalue weighted by Crippen LogP contribution is -2.47. The minimum Gasteiger partial charge on any atom is -0.384 e. The Bertz CT molecular complexity index is 570. The van der Waals surface area contributed by atoms with Gasteiger partial charge in [0.2, 0.25) is 5.91 Å². The predicted octanol–water partition coefficient (Wildman–Crippen LogP) is 3.07. The summed E-state index contributed by atoms with van der Waals surface area (Å²) in [6, 6.07) is 7.82. The molecule has 0 aliphatic heterocycles. The first-order chi connectivity index (χ1) is 10.8. The van der Waals surface area contributed by atoms with E-state index in [4.69, 9.17) is 5.73 Å². The smallest absolute Gasteiger partial charge is 0.223 e. The van der Waals surface area contributed by atoms with Gasteiger partial charge < -0.3 is 16.2 Å². The van der Waals surface area contributed by atoms with Crippen LogP contribution < -0.4 is 11.1 Å². The van der Waals surface area contributed by atoms with E-state index in [1.165, 1.54) is 0 Å². The van der Waals surface area contributed by atoms with Crippen LogP contribution in [0.2, 0.25) is 0 Å². The summed E-state index contributed by atoms with van der Waals surface area (Å²) in [7, 11) is 0. The molecule has 1 rings (SSSR count). The summed E-state index contributed by atoms with van der Waals surface area (Å²) >= 11 is 0. The second kappa shape index (κ2) is 7.24. The van der Waals surface area contributed by atoms with E-state index in [0.717, 1.165) is 11.1 Å². The highest BCUT2D eigenvalue weighted by atomic mass is 16.3. The molecule has 0 heterocycles. The standard InChI is InChI=1S/C20H34N2O2/c1-14(13-21)22-17(23)12-20(24,19(5,6)7)16-10-8-9-15(11-16)18(2,3)4/h8-11,14,24H,12-13,21H2,1-7H3,(H,22,23). The van der Waals surface area contributed by atoms with Crippen LogP contribution in [0.5, 0.6) is 0 Å². The fourth-order valence-corrected chi connectivity index (χ4v) is 2.66. The topological polar surface area (TPSA) is 75.3 Å². The highest BCUT2D eigenvalue weighted by Gasteiger charge is 2.43. The normalized spacial score (nSPS) is 16.4. The number of aliphatic hydroxyl groups is 1. The Morgan fingerprint density at radius 2 is 1.71 bits per heavy atom. The number of nitrogens with one attached hydrogen (secondary N) is 1. The molecule has 0 saturated heterocycles. The zero-order chi connectivity index (χ0) is 18.8. The SMILES string of the molecule is CC(CN)NC(=O)CC(O)(c1cccc(C(C)(C)C)c1)C(C)(C)C. The van der Waals surface area contributed by atoms with E-state index < -0.39 is 11.0 Å². The number of carbonyl (C=O) groups excluding carboxylic acids is 1. The molecule has 4 heteroatoms. The van der Waals surface area contributed by atoms with E-state index in [9.17, 15) is 9.90 Å². The van der Waals surface area contributed by atoms with Crippen molar-refractivity contribution < 1.29 is 9.90 Å². The van der Waals surface area contributed by atoms with Crippen molar-refractivity contribution in [1.29, 1.82) is 0 Å². The molecule has 0 spiro atoms. The van der Waals surface area contributed by atoms with Crippen LogP contribution >= 0.6 is 0 Å². The third-order valence-corrected chi connectivity index (χ3v) is 4.62. The zero-order valence-electron chi connectivity index (χ0n) is 16.2. The molecule has 0 saturated carbocycles. The van der Waals surface area contributed by atoms with E-state index in [1.54, 1.807) is 0 Å². The van der Waals surface area contributed by atoms with Crippen molar-refractivity contribution in [3.63, 3.8) is 0 Å². The Labute approximate surface area is 146 Å². The van der Waals surface area contributed by atoms with E-state index in [2.05, 4.69) is 32.2 Å². The predicted molar refractivity (Wildman–Crippen MR) is 99.8 cm³/mol. The van der Waals surface area contributed by atoms with Gasteiger partial charge in [0, 0.05) is 12.6 Å². The Morgan fingerprint density at radius 3 is 2.17 bits per heavy atom. The van der Waals surface area contributed by atoms with Crippen LogP contribution in [0, 0.1) is 5.41 Å². The maximum atomic E-state index is 12.4. The van der Waals surface area contributed by atoms with Gasteiger partial charge in [-0.1, -0.05) is 65.8 Å². The number of carbonyl (C=O) groups is 1. The van der Waals surface area contributed by atoms with Crippen LogP contribution in [-0.2, 0) is 15.8 Å². The van der Waals surface area contributed by atoms with Crippen LogP contribution in [0.3, 0.4) is 0 Å². The van der Waals surface area contributed by atoms with Gasteiger partial charge in [0.15, 0.2) is 0 Å². The summed E-state index contributed by atoms with van der Waals surface area (Å²) in [5.74, 6) is -0.188. The highest BCUT2D eigenvalue weighted by molar-refractivity contribution is 5.77. The molecular weight excluding hydrogens is 300 g/mol. The van der Waals surface area contributed by atoms with Crippen molar-refractivity contribution in [1.82, 2.24) is 5.32 Å². The molecule has 136 valence electrons. The van der Waals surface area contributed by atoms with Crippen LogP contribution in [0.15, 0.2) is 24.3 Å². The third-order valence-electron chi connectivity index (χ3n) is 4.62. The van der Waals surface area contributed by atoms with Gasteiger partial charge in [-0.05, 0) is 28.9 Å². The summed E-state index contributed by atoms with van der Waals surface area (Å²) in [5, 5.41) is 14.3. The number of amides is 1. The van der Waals surface area contributed by atoms with Crippen molar-refractivity contribution in [2.24, 2.45) is 11.1 Å². The van der Waals surface area contributed by atoms with Gasteiger partial charge in [0.25, 0.3) is 0 Å². The Balaban J connectivity index is 3.25. The van der Waals surface area contributed by atoms with Gasteiger partial charge in [-0.3, -0.25) is 4.79 Å². The maximum absolute atomic E-state index is 12.4. The van der Waals surface area contributed by atoms with Gasteiger partial charge in [0.1, 0.15) is 5.60 Å². The van der Waals surface area contributed by atoms with Crippen LogP contribution in [0.4, 0.5) is 0 Å². The van der Waals surface area contributed by atoms with Crippen LogP contribution in [-0.4, -0.2) is 23.6 Å². The van der Waals surface area contributed by atoms with Crippen molar-refractivity contribution in [2.75, 3.05) is 6.54 Å². The second-order valence-electron chi connectivity index (χ2n) is 8.82. The molecule has 24 heavy (non-hydrogen) atoms. The zero-order valence-corrected chi connectivity index (χ0v) is 16.2. The fraction of sp³-hybridized carbons (Fsp3) is 0.650. The lowest BCUT2D eigenvalue weighted by molar-refractivity contribution is -0.134. The molecule has 0 radical (unpaired) electrons. The quantitative estimate of drug-likeness (QED) is 0.774. The summed E-state index contributed by atoms with van der Waals surface area (Å²) < 4.78 is 0. The molecular formula is C20H34N2O2. The molecule has 1 aromatic rings. The van der Waals surface area contributed by atoms with E-state index in [0.29, 0.717) is 6.54 Å². The molecule has 1 aromatic carbocycles. The van der Waals surface area contributed by atoms with Crippen molar-refractivity contribution in [3.8, 4) is 0 Å². The highest BCUT2D eigenvalue weighted by Crippen LogP contribution is 2.43. The first-order valence-electron chi connectivity index (χ1n) is 8.64. The average Bonchev–Trinajstić information content (AvgIpc) is 2.44. The minimum absolute atomic E-state index is 0.00837. The number of rotatable bonds is 5. The molecule has 4 nitrogen and oxygen atoms in total. The van der Waals surface area contributed by atoms with Gasteiger partial charge in [-0.2, -0.15) is 0 Å². The number of hydrogen-bond donors (Lipinski definition) is 3. The van der Waals surface area contributed by atoms with Gasteiger partial charge in [0.05, 0.1) is 6.42 Å². The van der Waals surface area contributed by atoms with Gasteiger partial charge in [-0.15, -0.1) is 0 Å². The van der Waals surface area contributed by atoms with Crippen molar-refractivity contribution >= 4 is 5.91 Å². The van der Waals surface area contributed by atoms with Gasteiger partial charge in [-0.25, -0.2) is 0 Å². The van der Waals surface area contributed by atoms with Gasteiger partial charge >= 0.3 is 0 Å². The first-order valence-corrected chi connectivity index (χ1v) is 8.64. The number of hydrogen-bond acceptors (Lipinski definition) is 3. The lowest BCUT2D eigenvalue weighted by atomic mass is 9.69. The second-order valence-corrected chi connectivity index (χ2v) is 8.82. The fourth-order valence-electron chi connectivity index (χ4n) is 2.66. The summed E-state index contributed by atoms with van der Waals surface area (Å²) in [6.45, 7) is 14.5.